The van der Waals surface area contributed by atoms with E-state index in [4.69, 9.17) is 10.6 Å². The summed E-state index contributed by atoms with van der Waals surface area (Å²) < 4.78 is 68.6. The number of hydroxylamine groups is 1. The molecule has 1 rings (SSSR count). The van der Waals surface area contributed by atoms with Crippen molar-refractivity contribution in [1.82, 2.24) is 5.17 Å². The number of thiocarbonyl (C=S) groups is 1. The normalized spacial score (nSPS) is 12.0. The molecule has 0 atom stereocenters. The third-order valence-corrected chi connectivity index (χ3v) is 3.72. The van der Waals surface area contributed by atoms with E-state index < -0.39 is 27.9 Å². The topological polar surface area (TPSA) is 81.9 Å². The van der Waals surface area contributed by atoms with Crippen LogP contribution in [0.15, 0.2) is 35.2 Å². The van der Waals surface area contributed by atoms with Gasteiger partial charge in [0.05, 0.1) is 11.5 Å². The summed E-state index contributed by atoms with van der Waals surface area (Å²) in [5, 5.41) is -0.424. The van der Waals surface area contributed by atoms with E-state index in [0.29, 0.717) is 0 Å². The van der Waals surface area contributed by atoms with Crippen LogP contribution in [0.25, 0.3) is 0 Å². The van der Waals surface area contributed by atoms with Gasteiger partial charge in [-0.1, -0.05) is 18.2 Å². The van der Waals surface area contributed by atoms with Crippen molar-refractivity contribution >= 4 is 27.5 Å². The smallest absolute Gasteiger partial charge is 0.389 e. The lowest BCUT2D eigenvalue weighted by Crippen LogP contribution is -2.39. The number of alkyl halides is 3. The largest absolute Gasteiger partial charge is 0.468 e. The van der Waals surface area contributed by atoms with Gasteiger partial charge in [-0.25, -0.2) is 5.84 Å². The molecule has 0 aromatic heterocycles. The molecular weight excluding hydrogens is 345 g/mol. The minimum absolute atomic E-state index is 0.162. The summed E-state index contributed by atoms with van der Waals surface area (Å²) in [5.41, 5.74) is 0. The molecule has 6 nitrogen and oxygen atoms in total. The molecule has 0 fully saturated rings. The first-order valence-corrected chi connectivity index (χ1v) is 7.71. The molecule has 1 aromatic carbocycles. The van der Waals surface area contributed by atoms with Gasteiger partial charge in [0.1, 0.15) is 0 Å². The summed E-state index contributed by atoms with van der Waals surface area (Å²) in [4.78, 5) is -0.162. The van der Waals surface area contributed by atoms with Crippen LogP contribution >= 0.6 is 12.2 Å². The van der Waals surface area contributed by atoms with Crippen molar-refractivity contribution < 1.29 is 30.6 Å². The Morgan fingerprint density at radius 1 is 1.27 bits per heavy atom. The van der Waals surface area contributed by atoms with Crippen LogP contribution in [0.5, 0.6) is 0 Å². The SMILES string of the molecule is NN(OS(=O)(=O)c1ccccc1)C(=S)OCCCC(F)(F)F. The molecule has 0 aliphatic carbocycles. The number of hydrogen-bond donors (Lipinski definition) is 1. The van der Waals surface area contributed by atoms with E-state index >= 15 is 0 Å². The molecule has 0 saturated carbocycles. The molecule has 11 heteroatoms. The van der Waals surface area contributed by atoms with Gasteiger partial charge in [-0.05, 0) is 30.8 Å². The summed E-state index contributed by atoms with van der Waals surface area (Å²) in [6.45, 7) is -0.374. The highest BCUT2D eigenvalue weighted by atomic mass is 32.2. The predicted octanol–water partition coefficient (Wildman–Crippen LogP) is 2.13. The van der Waals surface area contributed by atoms with Crippen LogP contribution in [0, 0.1) is 0 Å². The second kappa shape index (κ2) is 7.72. The number of rotatable bonds is 6. The highest BCUT2D eigenvalue weighted by Crippen LogP contribution is 2.21. The first-order chi connectivity index (χ1) is 10.1. The third-order valence-electron chi connectivity index (χ3n) is 2.22. The molecule has 0 aliphatic heterocycles. The molecule has 0 aliphatic rings. The van der Waals surface area contributed by atoms with Crippen molar-refractivity contribution in [3.05, 3.63) is 30.3 Å². The van der Waals surface area contributed by atoms with Gasteiger partial charge in [-0.15, -0.1) is 9.46 Å². The quantitative estimate of drug-likeness (QED) is 0.361. The van der Waals surface area contributed by atoms with Crippen molar-refractivity contribution in [3.63, 3.8) is 0 Å². The van der Waals surface area contributed by atoms with Gasteiger partial charge in [0.15, 0.2) is 0 Å². The molecule has 0 spiro atoms. The standard InChI is InChI=1S/C11H13F3N2O4S2/c12-11(13,14)7-4-8-19-10(21)16(15)20-22(17,18)9-5-2-1-3-6-9/h1-3,5-6H,4,7-8,15H2. The van der Waals surface area contributed by atoms with E-state index in [-0.39, 0.29) is 23.1 Å². The van der Waals surface area contributed by atoms with Crippen molar-refractivity contribution in [2.24, 2.45) is 5.84 Å². The highest BCUT2D eigenvalue weighted by Gasteiger charge is 2.26. The summed E-state index contributed by atoms with van der Waals surface area (Å²) in [6.07, 6.45) is -5.70. The first kappa shape index (κ1) is 18.6. The molecule has 0 unspecified atom stereocenters. The number of ether oxygens (including phenoxy) is 1. The molecule has 1 aromatic rings. The molecule has 0 bridgehead atoms. The van der Waals surface area contributed by atoms with Gasteiger partial charge >= 0.3 is 21.5 Å². The van der Waals surface area contributed by atoms with Crippen LogP contribution < -0.4 is 5.84 Å². The fourth-order valence-corrected chi connectivity index (χ4v) is 2.29. The second-order valence-corrected chi connectivity index (χ2v) is 5.88. The van der Waals surface area contributed by atoms with E-state index in [1.807, 2.05) is 0 Å². The van der Waals surface area contributed by atoms with Crippen LogP contribution in [-0.4, -0.2) is 31.5 Å². The van der Waals surface area contributed by atoms with Crippen molar-refractivity contribution in [2.45, 2.75) is 23.9 Å². The lowest BCUT2D eigenvalue weighted by atomic mass is 10.3. The molecule has 0 heterocycles. The first-order valence-electron chi connectivity index (χ1n) is 5.90. The van der Waals surface area contributed by atoms with Crippen molar-refractivity contribution in [2.75, 3.05) is 6.61 Å². The molecule has 124 valence electrons. The Kier molecular flexibility index (Phi) is 6.53. The van der Waals surface area contributed by atoms with E-state index in [9.17, 15) is 21.6 Å². The van der Waals surface area contributed by atoms with Crippen LogP contribution in [0.2, 0.25) is 0 Å². The van der Waals surface area contributed by atoms with Crippen LogP contribution in [0.4, 0.5) is 13.2 Å². The summed E-state index contributed by atoms with van der Waals surface area (Å²) in [5.74, 6) is 5.25. The lowest BCUT2D eigenvalue weighted by molar-refractivity contribution is -0.137. The third kappa shape index (κ3) is 6.56. The van der Waals surface area contributed by atoms with Gasteiger partial charge in [0, 0.05) is 6.42 Å². The number of benzene rings is 1. The highest BCUT2D eigenvalue weighted by molar-refractivity contribution is 7.86. The van der Waals surface area contributed by atoms with Gasteiger partial charge in [-0.2, -0.15) is 21.6 Å². The summed E-state index contributed by atoms with van der Waals surface area (Å²) in [7, 11) is -4.20. The number of nitrogens with two attached hydrogens (primary N) is 1. The zero-order valence-corrected chi connectivity index (χ0v) is 12.7. The Morgan fingerprint density at radius 3 is 2.41 bits per heavy atom. The van der Waals surface area contributed by atoms with Gasteiger partial charge in [-0.3, -0.25) is 0 Å². The Hall–Kier alpha value is -1.43. The molecular formula is C11H13F3N2O4S2. The van der Waals surface area contributed by atoms with Crippen molar-refractivity contribution in [3.8, 4) is 0 Å². The summed E-state index contributed by atoms with van der Waals surface area (Å²) >= 11 is 4.61. The minimum Gasteiger partial charge on any atom is -0.468 e. The van der Waals surface area contributed by atoms with E-state index in [1.54, 1.807) is 6.07 Å². The number of halogens is 3. The van der Waals surface area contributed by atoms with Crippen LogP contribution in [0.3, 0.4) is 0 Å². The molecule has 0 saturated heterocycles. The zero-order chi connectivity index (χ0) is 16.8. The predicted molar refractivity (Wildman–Crippen MR) is 74.6 cm³/mol. The van der Waals surface area contributed by atoms with E-state index in [0.717, 1.165) is 0 Å². The second-order valence-electron chi connectivity index (χ2n) is 4.00. The average molecular weight is 358 g/mol. The maximum Gasteiger partial charge on any atom is 0.389 e. The summed E-state index contributed by atoms with van der Waals surface area (Å²) in [6, 6.07) is 7.10. The maximum absolute atomic E-state index is 11.9. The fourth-order valence-electron chi connectivity index (χ4n) is 1.26. The Morgan fingerprint density at radius 2 is 1.86 bits per heavy atom. The number of nitrogens with zero attached hydrogens (tertiary/aromatic N) is 1. The Labute approximate surface area is 130 Å². The van der Waals surface area contributed by atoms with Gasteiger partial charge in [0.2, 0.25) is 0 Å². The minimum atomic E-state index is -4.31. The van der Waals surface area contributed by atoms with Gasteiger partial charge < -0.3 is 4.74 Å². The maximum atomic E-state index is 11.9. The molecule has 22 heavy (non-hydrogen) atoms. The van der Waals surface area contributed by atoms with Crippen LogP contribution in [-0.2, 0) is 19.1 Å². The van der Waals surface area contributed by atoms with Crippen molar-refractivity contribution in [1.29, 1.82) is 0 Å². The Balaban J connectivity index is 2.47. The van der Waals surface area contributed by atoms with Gasteiger partial charge in [0.25, 0.3) is 0 Å². The fraction of sp³-hybridized carbons (Fsp3) is 0.364. The lowest BCUT2D eigenvalue weighted by Gasteiger charge is -2.17. The number of hydrogen-bond acceptors (Lipinski definition) is 6. The Bertz CT molecular complexity index is 593. The zero-order valence-electron chi connectivity index (χ0n) is 11.1. The van der Waals surface area contributed by atoms with Crippen LogP contribution in [0.1, 0.15) is 12.8 Å². The molecule has 0 amide bonds. The van der Waals surface area contributed by atoms with E-state index in [2.05, 4.69) is 16.5 Å². The molecule has 2 N–H and O–H groups in total. The average Bonchev–Trinajstić information content (AvgIpc) is 2.43. The molecule has 0 radical (unpaired) electrons. The van der Waals surface area contributed by atoms with E-state index in [1.165, 1.54) is 24.3 Å². The monoisotopic (exact) mass is 358 g/mol. The number of hydrazine groups is 1.